The van der Waals surface area contributed by atoms with Gasteiger partial charge in [0.05, 0.1) is 22.3 Å². The van der Waals surface area contributed by atoms with E-state index in [4.69, 9.17) is 34.8 Å². The van der Waals surface area contributed by atoms with Crippen molar-refractivity contribution in [1.82, 2.24) is 0 Å². The van der Waals surface area contributed by atoms with Crippen LogP contribution in [0.25, 0.3) is 0 Å². The summed E-state index contributed by atoms with van der Waals surface area (Å²) < 4.78 is 15.0. The van der Waals surface area contributed by atoms with Gasteiger partial charge in [-0.2, -0.15) is 10.5 Å². The van der Waals surface area contributed by atoms with Crippen LogP contribution in [0.2, 0.25) is 5.02 Å². The molecule has 1 amide bonds. The maximum Gasteiger partial charge on any atom is 0.255 e. The standard InChI is InChI=1S/C23H20ClFN4OS/c24-19-16(14-27)7-10-18(20(19)25)28-21(30)23(11-3-12-23)29(22(28)31)17-8-5-15(6-9-17)4-1-2-13-26/h5-10,22,31H,1-4,11-12H2. The maximum atomic E-state index is 15.0. The van der Waals surface area contributed by atoms with Gasteiger partial charge in [-0.1, -0.05) is 23.7 Å². The molecule has 5 nitrogen and oxygen atoms in total. The number of aryl methyl sites for hydroxylation is 1. The molecule has 1 spiro atoms. The van der Waals surface area contributed by atoms with Gasteiger partial charge in [0, 0.05) is 12.1 Å². The second-order valence-corrected chi connectivity index (χ2v) is 8.67. The van der Waals surface area contributed by atoms with Gasteiger partial charge >= 0.3 is 0 Å². The molecule has 2 fully saturated rings. The van der Waals surface area contributed by atoms with Crippen molar-refractivity contribution in [3.8, 4) is 12.1 Å². The Morgan fingerprint density at radius 1 is 1.19 bits per heavy atom. The predicted molar refractivity (Wildman–Crippen MR) is 120 cm³/mol. The van der Waals surface area contributed by atoms with E-state index < -0.39 is 16.9 Å². The summed E-state index contributed by atoms with van der Waals surface area (Å²) >= 11 is 10.7. The number of thiol groups is 1. The highest BCUT2D eigenvalue weighted by Gasteiger charge is 2.60. The van der Waals surface area contributed by atoms with Crippen LogP contribution < -0.4 is 9.80 Å². The quantitative estimate of drug-likeness (QED) is 0.498. The number of carbonyl (C=O) groups excluding carboxylic acids is 1. The van der Waals surface area contributed by atoms with Crippen LogP contribution in [0.15, 0.2) is 36.4 Å². The Balaban J connectivity index is 1.69. The highest BCUT2D eigenvalue weighted by molar-refractivity contribution is 7.81. The van der Waals surface area contributed by atoms with E-state index in [0.29, 0.717) is 19.3 Å². The van der Waals surface area contributed by atoms with Crippen LogP contribution in [0.4, 0.5) is 15.8 Å². The fourth-order valence-corrected chi connectivity index (χ4v) is 5.14. The molecule has 1 unspecified atom stereocenters. The molecule has 0 radical (unpaired) electrons. The van der Waals surface area contributed by atoms with Gasteiger partial charge in [0.2, 0.25) is 0 Å². The van der Waals surface area contributed by atoms with Gasteiger partial charge in [0.25, 0.3) is 5.91 Å². The molecule has 31 heavy (non-hydrogen) atoms. The highest BCUT2D eigenvalue weighted by Crippen LogP contribution is 2.50. The smallest absolute Gasteiger partial charge is 0.255 e. The molecular weight excluding hydrogens is 435 g/mol. The van der Waals surface area contributed by atoms with Crippen LogP contribution in [0.3, 0.4) is 0 Å². The summed E-state index contributed by atoms with van der Waals surface area (Å²) in [6, 6.07) is 14.7. The molecule has 0 N–H and O–H groups in total. The zero-order valence-electron chi connectivity index (χ0n) is 16.7. The summed E-state index contributed by atoms with van der Waals surface area (Å²) in [6.07, 6.45) is 4.34. The van der Waals surface area contributed by atoms with Crippen molar-refractivity contribution < 1.29 is 9.18 Å². The van der Waals surface area contributed by atoms with Gasteiger partial charge in [0.15, 0.2) is 11.3 Å². The summed E-state index contributed by atoms with van der Waals surface area (Å²) in [4.78, 5) is 16.8. The van der Waals surface area contributed by atoms with Crippen LogP contribution in [0, 0.1) is 28.5 Å². The van der Waals surface area contributed by atoms with Crippen molar-refractivity contribution in [1.29, 1.82) is 10.5 Å². The Morgan fingerprint density at radius 3 is 2.48 bits per heavy atom. The molecule has 1 aliphatic heterocycles. The number of benzene rings is 2. The summed E-state index contributed by atoms with van der Waals surface area (Å²) in [5.41, 5.74) is 0.519. The third-order valence-corrected chi connectivity index (χ3v) is 6.96. The first-order valence-electron chi connectivity index (χ1n) is 10.1. The molecular formula is C23H20ClFN4OS. The minimum Gasteiger partial charge on any atom is -0.328 e. The second kappa shape index (κ2) is 8.42. The fraction of sp³-hybridized carbons (Fsp3) is 0.348. The molecule has 2 aromatic rings. The van der Waals surface area contributed by atoms with Crippen LogP contribution in [-0.4, -0.2) is 16.9 Å². The number of carbonyl (C=O) groups is 1. The van der Waals surface area contributed by atoms with Gasteiger partial charge in [-0.05, 0) is 61.9 Å². The lowest BCUT2D eigenvalue weighted by Crippen LogP contribution is -2.55. The number of amides is 1. The Kier molecular flexibility index (Phi) is 5.83. The molecule has 0 bridgehead atoms. The van der Waals surface area contributed by atoms with E-state index in [1.807, 2.05) is 35.2 Å². The number of nitrogens with zero attached hydrogens (tertiary/aromatic N) is 4. The topological polar surface area (TPSA) is 71.1 Å². The molecule has 1 saturated heterocycles. The average molecular weight is 455 g/mol. The van der Waals surface area contributed by atoms with Gasteiger partial charge in [-0.15, -0.1) is 12.6 Å². The van der Waals surface area contributed by atoms with Crippen molar-refractivity contribution in [2.24, 2.45) is 0 Å². The first-order chi connectivity index (χ1) is 14.9. The SMILES string of the molecule is N#CCCCc1ccc(N2C(S)N(c3ccc(C#N)c(Cl)c3F)C(=O)C23CCC3)cc1. The molecule has 1 aliphatic carbocycles. The van der Waals surface area contributed by atoms with Gasteiger partial charge in [-0.25, -0.2) is 4.39 Å². The first kappa shape index (κ1) is 21.5. The summed E-state index contributed by atoms with van der Waals surface area (Å²) in [7, 11) is 0. The summed E-state index contributed by atoms with van der Waals surface area (Å²) in [6.45, 7) is 0. The molecule has 4 rings (SSSR count). The van der Waals surface area contributed by atoms with E-state index in [-0.39, 0.29) is 22.2 Å². The Bertz CT molecular complexity index is 1100. The minimum absolute atomic E-state index is 0.0208. The Morgan fingerprint density at radius 2 is 1.90 bits per heavy atom. The van der Waals surface area contributed by atoms with Crippen LogP contribution in [0.5, 0.6) is 0 Å². The third kappa shape index (κ3) is 3.43. The number of hydrogen-bond donors (Lipinski definition) is 1. The first-order valence-corrected chi connectivity index (χ1v) is 11.0. The Labute approximate surface area is 191 Å². The number of rotatable bonds is 5. The van der Waals surface area contributed by atoms with Gasteiger partial charge in [-0.3, -0.25) is 9.69 Å². The van der Waals surface area contributed by atoms with Crippen LogP contribution in [0.1, 0.15) is 43.2 Å². The second-order valence-electron chi connectivity index (χ2n) is 7.83. The summed E-state index contributed by atoms with van der Waals surface area (Å²) in [5.74, 6) is -1.01. The lowest BCUT2D eigenvalue weighted by molar-refractivity contribution is -0.124. The van der Waals surface area contributed by atoms with Crippen molar-refractivity contribution in [3.63, 3.8) is 0 Å². The van der Waals surface area contributed by atoms with E-state index in [1.54, 1.807) is 0 Å². The zero-order valence-corrected chi connectivity index (χ0v) is 18.3. The minimum atomic E-state index is -0.794. The molecule has 1 atom stereocenters. The molecule has 2 aliphatic rings. The number of nitriles is 2. The van der Waals surface area contributed by atoms with Crippen LogP contribution in [-0.2, 0) is 11.2 Å². The van der Waals surface area contributed by atoms with E-state index >= 15 is 0 Å². The monoisotopic (exact) mass is 454 g/mol. The Hall–Kier alpha value is -2.74. The third-order valence-electron chi connectivity index (χ3n) is 6.13. The molecule has 158 valence electrons. The zero-order chi connectivity index (χ0) is 22.2. The molecule has 8 heteroatoms. The molecule has 2 aromatic carbocycles. The van der Waals surface area contributed by atoms with E-state index in [1.165, 1.54) is 17.0 Å². The van der Waals surface area contributed by atoms with Gasteiger partial charge < -0.3 is 4.90 Å². The maximum absolute atomic E-state index is 15.0. The van der Waals surface area contributed by atoms with Crippen molar-refractivity contribution in [3.05, 3.63) is 58.4 Å². The normalized spacial score (nSPS) is 19.3. The fourth-order valence-electron chi connectivity index (χ4n) is 4.36. The number of halogens is 2. The van der Waals surface area contributed by atoms with Crippen molar-refractivity contribution in [2.45, 2.75) is 49.6 Å². The number of unbranched alkanes of at least 4 members (excludes halogenated alkanes) is 1. The van der Waals surface area contributed by atoms with Crippen LogP contribution >= 0.6 is 24.2 Å². The van der Waals surface area contributed by atoms with Crippen molar-refractivity contribution in [2.75, 3.05) is 9.80 Å². The van der Waals surface area contributed by atoms with Gasteiger partial charge in [0.1, 0.15) is 11.6 Å². The molecule has 1 saturated carbocycles. The molecule has 1 heterocycles. The van der Waals surface area contributed by atoms with E-state index in [0.717, 1.165) is 30.5 Å². The van der Waals surface area contributed by atoms with E-state index in [2.05, 4.69) is 6.07 Å². The lowest BCUT2D eigenvalue weighted by Gasteiger charge is -2.44. The largest absolute Gasteiger partial charge is 0.328 e. The number of hydrogen-bond acceptors (Lipinski definition) is 5. The lowest BCUT2D eigenvalue weighted by atomic mass is 9.75. The predicted octanol–water partition coefficient (Wildman–Crippen LogP) is 5.19. The number of anilines is 2. The van der Waals surface area contributed by atoms with E-state index in [9.17, 15) is 9.18 Å². The summed E-state index contributed by atoms with van der Waals surface area (Å²) in [5, 5.41) is 17.5. The van der Waals surface area contributed by atoms with Crippen molar-refractivity contribution >= 4 is 41.5 Å². The molecule has 0 aromatic heterocycles. The highest BCUT2D eigenvalue weighted by atomic mass is 35.5. The average Bonchev–Trinajstić information content (AvgIpc) is 2.98.